The maximum absolute atomic E-state index is 16.6. The van der Waals surface area contributed by atoms with Crippen molar-refractivity contribution in [3.8, 4) is 11.1 Å². The first-order chi connectivity index (χ1) is 30.4. The molecule has 0 atom stereocenters. The summed E-state index contributed by atoms with van der Waals surface area (Å²) in [7, 11) is 3.35. The summed E-state index contributed by atoms with van der Waals surface area (Å²) >= 11 is 6.65. The lowest BCUT2D eigenvalue weighted by Crippen LogP contribution is -2.49. The number of aryl methyl sites for hydroxylation is 1. The minimum absolute atomic E-state index is 0.00143. The van der Waals surface area contributed by atoms with E-state index in [2.05, 4.69) is 49.5 Å². The molecule has 4 aliphatic rings. The van der Waals surface area contributed by atoms with Crippen LogP contribution in [0.2, 0.25) is 5.02 Å². The molecule has 0 aliphatic carbocycles. The monoisotopic (exact) mass is 873 g/mol. The normalized spacial score (nSPS) is 18.2. The van der Waals surface area contributed by atoms with Crippen molar-refractivity contribution in [2.24, 2.45) is 5.41 Å². The van der Waals surface area contributed by atoms with E-state index in [4.69, 9.17) is 11.6 Å². The smallest absolute Gasteiger partial charge is 0.328 e. The summed E-state index contributed by atoms with van der Waals surface area (Å²) in [6.45, 7) is 6.42. The number of piperidine rings is 2. The van der Waals surface area contributed by atoms with Gasteiger partial charge in [-0.25, -0.2) is 9.18 Å². The molecule has 3 aromatic carbocycles. The number of carbonyl (C=O) groups is 4. The van der Waals surface area contributed by atoms with Gasteiger partial charge in [0.15, 0.2) is 5.82 Å². The molecule has 0 radical (unpaired) electrons. The Bertz CT molecular complexity index is 2570. The Labute approximate surface area is 371 Å². The number of fused-ring (bicyclic) bond motifs is 1. The van der Waals surface area contributed by atoms with Crippen LogP contribution >= 0.6 is 11.6 Å². The Balaban J connectivity index is 0.859. The number of carbonyl (C=O) groups excluding carboxylic acids is 4. The van der Waals surface area contributed by atoms with E-state index in [9.17, 15) is 19.2 Å². The molecule has 3 saturated heterocycles. The third kappa shape index (κ3) is 8.83. The number of halogens is 2. The van der Waals surface area contributed by atoms with Crippen LogP contribution in [-0.4, -0.2) is 113 Å². The summed E-state index contributed by atoms with van der Waals surface area (Å²) in [6.07, 6.45) is 11.2. The second-order valence-corrected chi connectivity index (χ2v) is 18.1. The third-order valence-electron chi connectivity index (χ3n) is 13.5. The molecule has 0 saturated carbocycles. The first-order valence-corrected chi connectivity index (χ1v) is 22.3. The Morgan fingerprint density at radius 2 is 1.68 bits per heavy atom. The second-order valence-electron chi connectivity index (χ2n) is 17.7. The molecule has 5 amide bonds. The number of likely N-dealkylation sites (tertiary alicyclic amines) is 1. The third-order valence-corrected chi connectivity index (χ3v) is 13.8. The number of aromatic amines is 1. The number of hydrogen-bond donors (Lipinski definition) is 2. The molecule has 1 spiro atoms. The predicted octanol–water partition coefficient (Wildman–Crippen LogP) is 7.56. The van der Waals surface area contributed by atoms with E-state index in [1.165, 1.54) is 9.80 Å². The number of benzene rings is 3. The minimum Gasteiger partial charge on any atom is -0.371 e. The maximum Gasteiger partial charge on any atom is 0.328 e. The second kappa shape index (κ2) is 17.6. The number of aromatic nitrogens is 3. The first-order valence-electron chi connectivity index (χ1n) is 21.9. The topological polar surface area (TPSA) is 130 Å². The summed E-state index contributed by atoms with van der Waals surface area (Å²) in [5.74, 6) is -0.945. The zero-order chi connectivity index (χ0) is 43.8. The van der Waals surface area contributed by atoms with E-state index in [1.807, 2.05) is 42.6 Å². The number of hydrogen-bond acceptors (Lipinski definition) is 7. The van der Waals surface area contributed by atoms with Gasteiger partial charge in [0.05, 0.1) is 16.2 Å². The molecule has 9 rings (SSSR count). The molecule has 328 valence electrons. The minimum atomic E-state index is -0.438. The van der Waals surface area contributed by atoms with E-state index >= 15 is 4.39 Å². The fourth-order valence-corrected chi connectivity index (χ4v) is 10.0. The first kappa shape index (κ1) is 42.3. The number of rotatable bonds is 10. The number of nitrogens with one attached hydrogen (secondary N) is 2. The molecule has 3 fully saturated rings. The highest BCUT2D eigenvalue weighted by atomic mass is 35.5. The molecule has 15 heteroatoms. The van der Waals surface area contributed by atoms with E-state index in [0.717, 1.165) is 86.4 Å². The largest absolute Gasteiger partial charge is 0.371 e. The van der Waals surface area contributed by atoms with Crippen molar-refractivity contribution in [1.82, 2.24) is 34.8 Å². The number of urea groups is 1. The van der Waals surface area contributed by atoms with Crippen LogP contribution in [-0.2, 0) is 22.7 Å². The van der Waals surface area contributed by atoms with Crippen LogP contribution in [0, 0.1) is 11.2 Å². The van der Waals surface area contributed by atoms with Gasteiger partial charge in [0.2, 0.25) is 11.8 Å². The van der Waals surface area contributed by atoms with E-state index in [-0.39, 0.29) is 29.7 Å². The lowest BCUT2D eigenvalue weighted by Gasteiger charge is -2.47. The van der Waals surface area contributed by atoms with Crippen LogP contribution < -0.4 is 15.1 Å². The zero-order valence-corrected chi connectivity index (χ0v) is 36.6. The molecular formula is C48H53ClFN9O4. The van der Waals surface area contributed by atoms with Crippen LogP contribution in [0.4, 0.5) is 20.6 Å². The van der Waals surface area contributed by atoms with Crippen molar-refractivity contribution in [2.45, 2.75) is 58.0 Å². The molecule has 5 aromatic rings. The van der Waals surface area contributed by atoms with Gasteiger partial charge in [-0.15, -0.1) is 0 Å². The van der Waals surface area contributed by atoms with Crippen LogP contribution in [0.3, 0.4) is 0 Å². The van der Waals surface area contributed by atoms with Crippen molar-refractivity contribution >= 4 is 63.2 Å². The molecule has 6 heterocycles. The SMILES string of the molecule is CN(C)C(=O)c1cc2c(-c3ccc(N4CCC5(CCN(Cc6ccc(N7CCC(=O)NC7=O)c(Cl)c6)CC5)CC4)cc3)cc(C3=CCCN(C(=O)CCn4cccn4)C3)c(F)c2[nH]1. The van der Waals surface area contributed by atoms with Gasteiger partial charge in [-0.05, 0) is 115 Å². The van der Waals surface area contributed by atoms with Crippen LogP contribution in [0.5, 0.6) is 0 Å². The molecule has 2 aromatic heterocycles. The van der Waals surface area contributed by atoms with Crippen molar-refractivity contribution < 1.29 is 23.6 Å². The van der Waals surface area contributed by atoms with Crippen molar-refractivity contribution in [3.63, 3.8) is 0 Å². The number of H-pyrrole nitrogens is 1. The van der Waals surface area contributed by atoms with Gasteiger partial charge in [0.1, 0.15) is 5.69 Å². The predicted molar refractivity (Wildman–Crippen MR) is 243 cm³/mol. The molecule has 0 unspecified atom stereocenters. The van der Waals surface area contributed by atoms with Crippen molar-refractivity contribution in [1.29, 1.82) is 0 Å². The van der Waals surface area contributed by atoms with Crippen molar-refractivity contribution in [2.75, 3.05) is 69.7 Å². The summed E-state index contributed by atoms with van der Waals surface area (Å²) in [5.41, 5.74) is 6.68. The number of imide groups is 1. The standard InChI is InChI=1S/C48H53ClFN9O4/c1-54(2)46(62)40-29-38-36(28-37(44(50)45(38)52-40)34-5-3-19-57(31-34)43(61)13-21-58-20-4-18-51-58)33-7-9-35(10-8-33)56-25-16-48(17-26-56)14-23-55(24-15-48)30-32-6-11-41(39(49)27-32)59-22-12-42(60)53-47(59)63/h4-11,18,20,27-29,52H,3,12-17,19,21-26,30-31H2,1-2H3,(H,53,60,63). The maximum atomic E-state index is 16.6. The zero-order valence-electron chi connectivity index (χ0n) is 35.8. The van der Waals surface area contributed by atoms with Gasteiger partial charge in [-0.2, -0.15) is 5.10 Å². The van der Waals surface area contributed by atoms with Crippen molar-refractivity contribution in [3.05, 3.63) is 107 Å². The summed E-state index contributed by atoms with van der Waals surface area (Å²) in [5, 5.41) is 7.72. The van der Waals surface area contributed by atoms with Gasteiger partial charge >= 0.3 is 6.03 Å². The molecule has 63 heavy (non-hydrogen) atoms. The van der Waals surface area contributed by atoms with E-state index in [1.54, 1.807) is 35.9 Å². The fourth-order valence-electron chi connectivity index (χ4n) is 9.74. The van der Waals surface area contributed by atoms with E-state index < -0.39 is 11.8 Å². The molecule has 2 N–H and O–H groups in total. The lowest BCUT2D eigenvalue weighted by atomic mass is 9.71. The summed E-state index contributed by atoms with van der Waals surface area (Å²) in [6, 6.07) is 19.3. The summed E-state index contributed by atoms with van der Waals surface area (Å²) in [4.78, 5) is 63.2. The van der Waals surface area contributed by atoms with Gasteiger partial charge in [-0.1, -0.05) is 35.9 Å². The molecule has 4 aliphatic heterocycles. The highest BCUT2D eigenvalue weighted by Gasteiger charge is 2.38. The lowest BCUT2D eigenvalue weighted by molar-refractivity contribution is -0.131. The van der Waals surface area contributed by atoms with E-state index in [0.29, 0.717) is 71.8 Å². The Morgan fingerprint density at radius 1 is 0.921 bits per heavy atom. The van der Waals surface area contributed by atoms with Gasteiger partial charge in [-0.3, -0.25) is 34.2 Å². The highest BCUT2D eigenvalue weighted by Crippen LogP contribution is 2.43. The van der Waals surface area contributed by atoms with Crippen LogP contribution in [0.1, 0.15) is 66.6 Å². The number of nitrogens with zero attached hydrogens (tertiary/aromatic N) is 7. The van der Waals surface area contributed by atoms with Gasteiger partial charge in [0, 0.05) is 102 Å². The van der Waals surface area contributed by atoms with Crippen LogP contribution in [0.15, 0.2) is 79.1 Å². The van der Waals surface area contributed by atoms with Gasteiger partial charge in [0.25, 0.3) is 5.91 Å². The Morgan fingerprint density at radius 3 is 2.38 bits per heavy atom. The molecule has 0 bridgehead atoms. The quantitative estimate of drug-likeness (QED) is 0.148. The number of amides is 5. The van der Waals surface area contributed by atoms with Crippen LogP contribution in [0.25, 0.3) is 27.6 Å². The Kier molecular flexibility index (Phi) is 11.9. The Hall–Kier alpha value is -5.99. The fraction of sp³-hybridized carbons (Fsp3) is 0.396. The summed E-state index contributed by atoms with van der Waals surface area (Å²) < 4.78 is 18.4. The molecular weight excluding hydrogens is 821 g/mol. The molecule has 13 nitrogen and oxygen atoms in total. The van der Waals surface area contributed by atoms with Gasteiger partial charge < -0.3 is 19.7 Å². The number of anilines is 2. The highest BCUT2D eigenvalue weighted by molar-refractivity contribution is 6.34. The average molecular weight is 874 g/mol. The average Bonchev–Trinajstić information content (AvgIpc) is 3.99.